The summed E-state index contributed by atoms with van der Waals surface area (Å²) in [7, 11) is 1.47. The smallest absolute Gasteiger partial charge is 0.344 e. The van der Waals surface area contributed by atoms with Gasteiger partial charge in [0.15, 0.2) is 24.2 Å². The Morgan fingerprint density at radius 2 is 1.93 bits per heavy atom. The second kappa shape index (κ2) is 10.2. The Labute approximate surface area is 167 Å². The average Bonchev–Trinajstić information content (AvgIpc) is 2.69. The van der Waals surface area contributed by atoms with Crippen molar-refractivity contribution in [2.24, 2.45) is 0 Å². The lowest BCUT2D eigenvalue weighted by Crippen LogP contribution is -2.32. The number of hydrogen-bond donors (Lipinski definition) is 1. The molecular formula is C21H21F2NO5. The molecule has 0 spiro atoms. The lowest BCUT2D eigenvalue weighted by Gasteiger charge is -2.15. The van der Waals surface area contributed by atoms with Crippen LogP contribution in [0.3, 0.4) is 0 Å². The fourth-order valence-corrected chi connectivity index (χ4v) is 2.37. The van der Waals surface area contributed by atoms with E-state index in [1.54, 1.807) is 24.3 Å². The molecule has 2 aromatic carbocycles. The van der Waals surface area contributed by atoms with Gasteiger partial charge >= 0.3 is 5.97 Å². The molecule has 0 saturated carbocycles. The zero-order valence-electron chi connectivity index (χ0n) is 16.0. The van der Waals surface area contributed by atoms with Crippen LogP contribution in [0.1, 0.15) is 12.5 Å². The SMILES string of the molecule is C=CCc1ccc(OCC(=O)O[C@H](C)C(=O)Nc2cc(F)ccc2F)c(OC)c1. The summed E-state index contributed by atoms with van der Waals surface area (Å²) in [6.07, 6.45) is 1.15. The Balaban J connectivity index is 1.90. The number of carbonyl (C=O) groups is 2. The van der Waals surface area contributed by atoms with Gasteiger partial charge in [-0.1, -0.05) is 12.1 Å². The molecule has 0 saturated heterocycles. The van der Waals surface area contributed by atoms with Crippen LogP contribution in [0.4, 0.5) is 14.5 Å². The highest BCUT2D eigenvalue weighted by Gasteiger charge is 2.20. The number of anilines is 1. The number of nitrogens with one attached hydrogen (secondary N) is 1. The van der Waals surface area contributed by atoms with Crippen LogP contribution in [0.5, 0.6) is 11.5 Å². The van der Waals surface area contributed by atoms with Crippen LogP contribution in [0.25, 0.3) is 0 Å². The molecule has 154 valence electrons. The van der Waals surface area contributed by atoms with Gasteiger partial charge in [0.1, 0.15) is 11.6 Å². The van der Waals surface area contributed by atoms with Crippen molar-refractivity contribution >= 4 is 17.6 Å². The first-order valence-electron chi connectivity index (χ1n) is 8.70. The van der Waals surface area contributed by atoms with E-state index >= 15 is 0 Å². The van der Waals surface area contributed by atoms with Gasteiger partial charge in [-0.05, 0) is 43.2 Å². The van der Waals surface area contributed by atoms with E-state index in [-0.39, 0.29) is 5.69 Å². The molecule has 0 aromatic heterocycles. The molecule has 29 heavy (non-hydrogen) atoms. The number of allylic oxidation sites excluding steroid dienone is 1. The highest BCUT2D eigenvalue weighted by molar-refractivity contribution is 5.95. The summed E-state index contributed by atoms with van der Waals surface area (Å²) in [5.41, 5.74) is 0.611. The van der Waals surface area contributed by atoms with Crippen molar-refractivity contribution in [2.75, 3.05) is 19.0 Å². The Hall–Kier alpha value is -3.42. The van der Waals surface area contributed by atoms with E-state index in [0.717, 1.165) is 23.8 Å². The zero-order valence-corrected chi connectivity index (χ0v) is 16.0. The van der Waals surface area contributed by atoms with Gasteiger partial charge in [0, 0.05) is 6.07 Å². The summed E-state index contributed by atoms with van der Waals surface area (Å²) in [4.78, 5) is 24.0. The second-order valence-electron chi connectivity index (χ2n) is 6.01. The zero-order chi connectivity index (χ0) is 21.4. The molecule has 1 amide bonds. The Morgan fingerprint density at radius 3 is 2.62 bits per heavy atom. The third kappa shape index (κ3) is 6.31. The molecule has 0 aliphatic rings. The van der Waals surface area contributed by atoms with E-state index < -0.39 is 36.2 Å². The Kier molecular flexibility index (Phi) is 7.70. The van der Waals surface area contributed by atoms with E-state index in [2.05, 4.69) is 11.9 Å². The molecule has 1 N–H and O–H groups in total. The molecule has 1 atom stereocenters. The maximum Gasteiger partial charge on any atom is 0.344 e. The first kappa shape index (κ1) is 21.9. The summed E-state index contributed by atoms with van der Waals surface area (Å²) >= 11 is 0. The molecule has 0 fully saturated rings. The summed E-state index contributed by atoms with van der Waals surface area (Å²) in [5, 5.41) is 2.17. The quantitative estimate of drug-likeness (QED) is 0.509. The van der Waals surface area contributed by atoms with Crippen LogP contribution < -0.4 is 14.8 Å². The number of amides is 1. The molecule has 8 heteroatoms. The standard InChI is InChI=1S/C21H21F2NO5/c1-4-5-14-6-9-18(19(10-14)27-3)28-12-20(25)29-13(2)21(26)24-17-11-15(22)7-8-16(17)23/h4,6-11,13H,1,5,12H2,2-3H3,(H,24,26)/t13-/m1/s1. The van der Waals surface area contributed by atoms with Crippen LogP contribution in [-0.4, -0.2) is 31.7 Å². The number of rotatable bonds is 9. The van der Waals surface area contributed by atoms with Crippen LogP contribution in [0, 0.1) is 11.6 Å². The molecule has 2 rings (SSSR count). The van der Waals surface area contributed by atoms with Crippen molar-refractivity contribution < 1.29 is 32.6 Å². The normalized spacial score (nSPS) is 11.3. The van der Waals surface area contributed by atoms with Crippen LogP contribution in [0.15, 0.2) is 49.1 Å². The first-order valence-corrected chi connectivity index (χ1v) is 8.70. The molecule has 0 radical (unpaired) electrons. The van der Waals surface area contributed by atoms with Gasteiger partial charge in [-0.25, -0.2) is 13.6 Å². The van der Waals surface area contributed by atoms with Crippen molar-refractivity contribution in [3.8, 4) is 11.5 Å². The number of carbonyl (C=O) groups excluding carboxylic acids is 2. The third-order valence-corrected chi connectivity index (χ3v) is 3.82. The molecule has 0 bridgehead atoms. The van der Waals surface area contributed by atoms with Gasteiger partial charge in [0.2, 0.25) is 0 Å². The summed E-state index contributed by atoms with van der Waals surface area (Å²) in [6, 6.07) is 7.83. The van der Waals surface area contributed by atoms with Crippen molar-refractivity contribution in [3.05, 3.63) is 66.3 Å². The molecule has 0 aliphatic heterocycles. The van der Waals surface area contributed by atoms with Gasteiger partial charge in [-0.15, -0.1) is 6.58 Å². The van der Waals surface area contributed by atoms with Gasteiger partial charge in [0.25, 0.3) is 5.91 Å². The second-order valence-corrected chi connectivity index (χ2v) is 6.01. The van der Waals surface area contributed by atoms with Crippen molar-refractivity contribution in [3.63, 3.8) is 0 Å². The predicted octanol–water partition coefficient (Wildman–Crippen LogP) is 3.65. The van der Waals surface area contributed by atoms with Crippen LogP contribution in [0.2, 0.25) is 0 Å². The average molecular weight is 405 g/mol. The largest absolute Gasteiger partial charge is 0.493 e. The van der Waals surface area contributed by atoms with Crippen molar-refractivity contribution in [2.45, 2.75) is 19.4 Å². The van der Waals surface area contributed by atoms with Gasteiger partial charge in [0.05, 0.1) is 12.8 Å². The van der Waals surface area contributed by atoms with Crippen LogP contribution in [-0.2, 0) is 20.7 Å². The topological polar surface area (TPSA) is 73.9 Å². The summed E-state index contributed by atoms with van der Waals surface area (Å²) in [5.74, 6) is -2.39. The Morgan fingerprint density at radius 1 is 1.17 bits per heavy atom. The molecule has 6 nitrogen and oxygen atoms in total. The number of methoxy groups -OCH3 is 1. The van der Waals surface area contributed by atoms with Crippen molar-refractivity contribution in [1.82, 2.24) is 0 Å². The summed E-state index contributed by atoms with van der Waals surface area (Å²) < 4.78 is 42.3. The van der Waals surface area contributed by atoms with Crippen molar-refractivity contribution in [1.29, 1.82) is 0 Å². The monoisotopic (exact) mass is 405 g/mol. The van der Waals surface area contributed by atoms with Gasteiger partial charge in [-0.2, -0.15) is 0 Å². The van der Waals surface area contributed by atoms with E-state index in [4.69, 9.17) is 14.2 Å². The minimum atomic E-state index is -1.24. The number of hydrogen-bond acceptors (Lipinski definition) is 5. The minimum absolute atomic E-state index is 0.330. The van der Waals surface area contributed by atoms with E-state index in [0.29, 0.717) is 17.9 Å². The number of ether oxygens (including phenoxy) is 3. The lowest BCUT2D eigenvalue weighted by molar-refractivity contribution is -0.155. The highest BCUT2D eigenvalue weighted by Crippen LogP contribution is 2.28. The minimum Gasteiger partial charge on any atom is -0.493 e. The molecule has 0 aliphatic carbocycles. The number of halogens is 2. The van der Waals surface area contributed by atoms with Gasteiger partial charge < -0.3 is 19.5 Å². The highest BCUT2D eigenvalue weighted by atomic mass is 19.1. The third-order valence-electron chi connectivity index (χ3n) is 3.82. The molecule has 0 heterocycles. The number of benzene rings is 2. The lowest BCUT2D eigenvalue weighted by atomic mass is 10.1. The predicted molar refractivity (Wildman–Crippen MR) is 103 cm³/mol. The Bertz CT molecular complexity index is 901. The van der Waals surface area contributed by atoms with Crippen LogP contribution >= 0.6 is 0 Å². The fraction of sp³-hybridized carbons (Fsp3) is 0.238. The summed E-state index contributed by atoms with van der Waals surface area (Å²) in [6.45, 7) is 4.50. The molecular weight excluding hydrogens is 384 g/mol. The van der Waals surface area contributed by atoms with Gasteiger partial charge in [-0.3, -0.25) is 4.79 Å². The van der Waals surface area contributed by atoms with E-state index in [1.807, 2.05) is 0 Å². The maximum absolute atomic E-state index is 13.6. The fourth-order valence-electron chi connectivity index (χ4n) is 2.37. The molecule has 0 unspecified atom stereocenters. The maximum atomic E-state index is 13.6. The van der Waals surface area contributed by atoms with E-state index in [1.165, 1.54) is 14.0 Å². The molecule has 2 aromatic rings. The number of esters is 1. The van der Waals surface area contributed by atoms with E-state index in [9.17, 15) is 18.4 Å². The first-order chi connectivity index (χ1) is 13.8.